The van der Waals surface area contributed by atoms with Crippen LogP contribution in [-0.4, -0.2) is 11.6 Å². The normalized spacial score (nSPS) is 44.2. The molecule has 4 aliphatic carbocycles. The van der Waals surface area contributed by atoms with Crippen LogP contribution in [-0.2, 0) is 9.59 Å². The minimum absolute atomic E-state index is 0.0104. The minimum Gasteiger partial charge on any atom is -0.300 e. The average Bonchev–Trinajstić information content (AvgIpc) is 2.87. The van der Waals surface area contributed by atoms with Gasteiger partial charge in [-0.3, -0.25) is 9.59 Å². The summed E-state index contributed by atoms with van der Waals surface area (Å²) in [4.78, 5) is 24.1. The molecule has 2 heteroatoms. The van der Waals surface area contributed by atoms with Gasteiger partial charge in [0.2, 0.25) is 0 Å². The number of carbonyl (C=O) groups excluding carboxylic acids is 2. The summed E-state index contributed by atoms with van der Waals surface area (Å²) in [5, 5.41) is 0. The number of hydrogen-bond acceptors (Lipinski definition) is 2. The van der Waals surface area contributed by atoms with Crippen LogP contribution in [0.15, 0.2) is 35.5 Å². The lowest BCUT2D eigenvalue weighted by atomic mass is 9.50. The number of rotatable bonds is 1. The van der Waals surface area contributed by atoms with E-state index in [1.54, 1.807) is 12.5 Å². The van der Waals surface area contributed by atoms with Gasteiger partial charge in [0.05, 0.1) is 0 Å². The number of fused-ring (bicyclic) bond motifs is 5. The van der Waals surface area contributed by atoms with E-state index in [0.717, 1.165) is 37.7 Å². The zero-order valence-corrected chi connectivity index (χ0v) is 15.2. The Balaban J connectivity index is 1.79. The summed E-state index contributed by atoms with van der Waals surface area (Å²) in [6.07, 6.45) is 10.0. The van der Waals surface area contributed by atoms with Gasteiger partial charge < -0.3 is 0 Å². The molecule has 0 aromatic carbocycles. The van der Waals surface area contributed by atoms with Crippen molar-refractivity contribution in [2.45, 2.75) is 59.3 Å². The van der Waals surface area contributed by atoms with Crippen LogP contribution < -0.4 is 0 Å². The van der Waals surface area contributed by atoms with Crippen LogP contribution >= 0.6 is 0 Å². The largest absolute Gasteiger partial charge is 0.300 e. The zero-order valence-electron chi connectivity index (χ0n) is 15.2. The highest BCUT2D eigenvalue weighted by Gasteiger charge is 2.57. The first-order valence-electron chi connectivity index (χ1n) is 9.41. The fourth-order valence-corrected chi connectivity index (χ4v) is 6.54. The summed E-state index contributed by atoms with van der Waals surface area (Å²) >= 11 is 0. The van der Waals surface area contributed by atoms with Gasteiger partial charge in [0.15, 0.2) is 5.78 Å². The van der Waals surface area contributed by atoms with Gasteiger partial charge in [-0.15, -0.1) is 0 Å². The molecule has 0 bridgehead atoms. The van der Waals surface area contributed by atoms with E-state index in [2.05, 4.69) is 26.5 Å². The van der Waals surface area contributed by atoms with E-state index in [1.165, 1.54) is 5.57 Å². The molecule has 4 aliphatic rings. The first-order valence-corrected chi connectivity index (χ1v) is 9.41. The van der Waals surface area contributed by atoms with E-state index in [4.69, 9.17) is 0 Å². The monoisotopic (exact) mass is 324 g/mol. The van der Waals surface area contributed by atoms with Crippen LogP contribution in [0.25, 0.3) is 0 Å². The molecular weight excluding hydrogens is 296 g/mol. The predicted octanol–water partition coefficient (Wildman–Crippen LogP) is 4.81. The Bertz CT molecular complexity index is 709. The molecule has 0 aliphatic heterocycles. The van der Waals surface area contributed by atoms with Crippen molar-refractivity contribution in [2.75, 3.05) is 0 Å². The van der Waals surface area contributed by atoms with Crippen LogP contribution in [0, 0.1) is 28.6 Å². The number of Topliss-reactive ketones (excluding diaryl/α,β-unsaturated/α-hetero) is 1. The van der Waals surface area contributed by atoms with E-state index in [9.17, 15) is 9.59 Å². The van der Waals surface area contributed by atoms with Crippen molar-refractivity contribution < 1.29 is 9.59 Å². The fraction of sp³-hybridized carbons (Fsp3) is 0.636. The molecule has 5 atom stereocenters. The first kappa shape index (κ1) is 16.1. The average molecular weight is 324 g/mol. The van der Waals surface area contributed by atoms with E-state index >= 15 is 0 Å². The van der Waals surface area contributed by atoms with Crippen LogP contribution in [0.3, 0.4) is 0 Å². The van der Waals surface area contributed by atoms with Gasteiger partial charge in [0.25, 0.3) is 0 Å². The summed E-state index contributed by atoms with van der Waals surface area (Å²) in [6.45, 7) is 10.8. The molecule has 0 saturated heterocycles. The second-order valence-corrected chi connectivity index (χ2v) is 8.99. The van der Waals surface area contributed by atoms with E-state index in [1.807, 2.05) is 6.08 Å². The maximum Gasteiger partial charge on any atom is 0.156 e. The molecule has 0 N–H and O–H groups in total. The van der Waals surface area contributed by atoms with E-state index in [0.29, 0.717) is 24.0 Å². The number of allylic oxidation sites excluding steroid dienone is 5. The summed E-state index contributed by atoms with van der Waals surface area (Å²) in [5.74, 6) is 1.92. The maximum atomic E-state index is 12.2. The Morgan fingerprint density at radius 2 is 2.04 bits per heavy atom. The predicted molar refractivity (Wildman–Crippen MR) is 95.4 cm³/mol. The Labute approximate surface area is 145 Å². The molecule has 0 aromatic rings. The van der Waals surface area contributed by atoms with Crippen molar-refractivity contribution in [1.82, 2.24) is 0 Å². The Morgan fingerprint density at radius 3 is 2.75 bits per heavy atom. The molecule has 24 heavy (non-hydrogen) atoms. The molecule has 2 fully saturated rings. The van der Waals surface area contributed by atoms with Crippen molar-refractivity contribution >= 4 is 11.6 Å². The van der Waals surface area contributed by atoms with Crippen molar-refractivity contribution in [3.8, 4) is 0 Å². The van der Waals surface area contributed by atoms with Crippen LogP contribution in [0.5, 0.6) is 0 Å². The highest BCUT2D eigenvalue weighted by Crippen LogP contribution is 2.65. The van der Waals surface area contributed by atoms with Gasteiger partial charge in [-0.05, 0) is 67.9 Å². The quantitative estimate of drug-likeness (QED) is 0.649. The lowest BCUT2D eigenvalue weighted by Crippen LogP contribution is -2.45. The SMILES string of the molecule is C=C1CC2C(=CCC3(C)C(C(C)=O)CCC23)C2(C)CCC(=O)C=C12. The Hall–Kier alpha value is -1.44. The van der Waals surface area contributed by atoms with Crippen LogP contribution in [0.1, 0.15) is 59.3 Å². The second kappa shape index (κ2) is 5.03. The number of ketones is 2. The van der Waals surface area contributed by atoms with Gasteiger partial charge in [0.1, 0.15) is 5.78 Å². The molecule has 0 aromatic heterocycles. The molecule has 4 rings (SSSR count). The number of carbonyl (C=O) groups is 2. The van der Waals surface area contributed by atoms with Crippen LogP contribution in [0.2, 0.25) is 0 Å². The van der Waals surface area contributed by atoms with Gasteiger partial charge in [-0.1, -0.05) is 37.6 Å². The van der Waals surface area contributed by atoms with Crippen molar-refractivity contribution in [1.29, 1.82) is 0 Å². The third kappa shape index (κ3) is 1.95. The summed E-state index contributed by atoms with van der Waals surface area (Å²) in [5.41, 5.74) is 3.99. The molecule has 128 valence electrons. The van der Waals surface area contributed by atoms with Gasteiger partial charge in [0, 0.05) is 17.8 Å². The lowest BCUT2D eigenvalue weighted by molar-refractivity contribution is -0.124. The molecule has 0 amide bonds. The standard InChI is InChI=1S/C22H28O2/c1-13-11-16-18-6-5-17(14(2)23)21(18,3)10-8-19(16)22(4)9-7-15(24)12-20(13)22/h8,12,16-18H,1,5-7,9-11H2,2-4H3. The van der Waals surface area contributed by atoms with Crippen molar-refractivity contribution in [2.24, 2.45) is 28.6 Å². The summed E-state index contributed by atoms with van der Waals surface area (Å²) in [6, 6.07) is 0. The third-order valence-electron chi connectivity index (χ3n) is 7.80. The van der Waals surface area contributed by atoms with Crippen LogP contribution in [0.4, 0.5) is 0 Å². The second-order valence-electron chi connectivity index (χ2n) is 8.99. The molecule has 2 saturated carbocycles. The van der Waals surface area contributed by atoms with E-state index < -0.39 is 0 Å². The van der Waals surface area contributed by atoms with Crippen molar-refractivity contribution in [3.05, 3.63) is 35.5 Å². The highest BCUT2D eigenvalue weighted by molar-refractivity contribution is 5.93. The smallest absolute Gasteiger partial charge is 0.156 e. The maximum absolute atomic E-state index is 12.2. The minimum atomic E-state index is -0.0104. The molecule has 2 nitrogen and oxygen atoms in total. The lowest BCUT2D eigenvalue weighted by Gasteiger charge is -2.53. The van der Waals surface area contributed by atoms with Gasteiger partial charge in [-0.2, -0.15) is 0 Å². The fourth-order valence-electron chi connectivity index (χ4n) is 6.54. The molecule has 0 spiro atoms. The zero-order chi connectivity index (χ0) is 17.3. The first-order chi connectivity index (χ1) is 11.3. The molecular formula is C22H28O2. The number of hydrogen-bond donors (Lipinski definition) is 0. The topological polar surface area (TPSA) is 34.1 Å². The summed E-state index contributed by atoms with van der Waals surface area (Å²) < 4.78 is 0. The molecule has 5 unspecified atom stereocenters. The van der Waals surface area contributed by atoms with Gasteiger partial charge >= 0.3 is 0 Å². The Morgan fingerprint density at radius 1 is 1.29 bits per heavy atom. The summed E-state index contributed by atoms with van der Waals surface area (Å²) in [7, 11) is 0. The van der Waals surface area contributed by atoms with E-state index in [-0.39, 0.29) is 22.5 Å². The van der Waals surface area contributed by atoms with Gasteiger partial charge in [-0.25, -0.2) is 0 Å². The molecule has 0 radical (unpaired) electrons. The highest BCUT2D eigenvalue weighted by atomic mass is 16.1. The molecule has 0 heterocycles. The third-order valence-corrected chi connectivity index (χ3v) is 7.80. The van der Waals surface area contributed by atoms with Crippen molar-refractivity contribution in [3.63, 3.8) is 0 Å². The Kier molecular flexibility index (Phi) is 3.37.